The topological polar surface area (TPSA) is 80.3 Å². The molecule has 1 amide bonds. The summed E-state index contributed by atoms with van der Waals surface area (Å²) >= 11 is 0. The normalized spacial score (nSPS) is 20.1. The van der Waals surface area contributed by atoms with Gasteiger partial charge in [-0.3, -0.25) is 9.59 Å². The molecule has 0 radical (unpaired) electrons. The third-order valence-electron chi connectivity index (χ3n) is 3.55. The quantitative estimate of drug-likeness (QED) is 0.830. The Hall–Kier alpha value is -1.69. The zero-order valence-corrected chi connectivity index (χ0v) is 12.8. The Kier molecular flexibility index (Phi) is 4.77. The first-order chi connectivity index (χ1) is 9.85. The molecule has 0 spiro atoms. The second-order valence-corrected chi connectivity index (χ2v) is 7.69. The largest absolute Gasteiger partial charge is 0.352 e. The van der Waals surface area contributed by atoms with E-state index in [1.165, 1.54) is 0 Å². The summed E-state index contributed by atoms with van der Waals surface area (Å²) < 4.78 is 22.6. The van der Waals surface area contributed by atoms with Gasteiger partial charge in [0.25, 0.3) is 0 Å². The molecule has 1 heterocycles. The van der Waals surface area contributed by atoms with Gasteiger partial charge in [-0.15, -0.1) is 0 Å². The molecule has 1 aliphatic rings. The molecular formula is C15H19NO4S. The van der Waals surface area contributed by atoms with Crippen molar-refractivity contribution in [2.75, 3.05) is 11.5 Å². The van der Waals surface area contributed by atoms with Crippen LogP contribution in [0.4, 0.5) is 0 Å². The minimum atomic E-state index is -3.00. The van der Waals surface area contributed by atoms with E-state index in [2.05, 4.69) is 5.32 Å². The number of Topliss-reactive ketones (excluding diaryl/α,β-unsaturated/α-hetero) is 1. The molecule has 0 aliphatic carbocycles. The minimum Gasteiger partial charge on any atom is -0.352 e. The number of carbonyl (C=O) groups excluding carboxylic acids is 2. The van der Waals surface area contributed by atoms with E-state index in [0.717, 1.165) is 5.56 Å². The molecule has 1 saturated heterocycles. The minimum absolute atomic E-state index is 0.00461. The number of aryl methyl sites for hydroxylation is 1. The molecule has 1 N–H and O–H groups in total. The number of sulfone groups is 1. The Morgan fingerprint density at radius 1 is 1.19 bits per heavy atom. The number of amides is 1. The Bertz CT molecular complexity index is 634. The maximum Gasteiger partial charge on any atom is 0.220 e. The van der Waals surface area contributed by atoms with E-state index in [9.17, 15) is 18.0 Å². The van der Waals surface area contributed by atoms with Gasteiger partial charge in [-0.25, -0.2) is 8.42 Å². The molecule has 0 saturated carbocycles. The van der Waals surface area contributed by atoms with Gasteiger partial charge in [0.15, 0.2) is 15.6 Å². The zero-order chi connectivity index (χ0) is 15.5. The summed E-state index contributed by atoms with van der Waals surface area (Å²) in [6.07, 6.45) is 0.678. The van der Waals surface area contributed by atoms with Crippen LogP contribution in [0.3, 0.4) is 0 Å². The number of nitrogens with one attached hydrogen (secondary N) is 1. The average Bonchev–Trinajstić information content (AvgIpc) is 2.76. The van der Waals surface area contributed by atoms with Crippen molar-refractivity contribution in [1.29, 1.82) is 0 Å². The Morgan fingerprint density at radius 2 is 1.86 bits per heavy atom. The van der Waals surface area contributed by atoms with E-state index in [4.69, 9.17) is 0 Å². The summed E-state index contributed by atoms with van der Waals surface area (Å²) in [5, 5.41) is 2.68. The van der Waals surface area contributed by atoms with Gasteiger partial charge in [-0.05, 0) is 13.3 Å². The van der Waals surface area contributed by atoms with E-state index >= 15 is 0 Å². The fraction of sp³-hybridized carbons (Fsp3) is 0.467. The molecule has 21 heavy (non-hydrogen) atoms. The highest BCUT2D eigenvalue weighted by Gasteiger charge is 2.28. The lowest BCUT2D eigenvalue weighted by atomic mass is 10.0. The van der Waals surface area contributed by atoms with Crippen LogP contribution in [0.25, 0.3) is 0 Å². The van der Waals surface area contributed by atoms with Crippen LogP contribution >= 0.6 is 0 Å². The lowest BCUT2D eigenvalue weighted by Crippen LogP contribution is -2.35. The van der Waals surface area contributed by atoms with Crippen LogP contribution in [-0.4, -0.2) is 37.7 Å². The van der Waals surface area contributed by atoms with Crippen molar-refractivity contribution in [3.63, 3.8) is 0 Å². The van der Waals surface area contributed by atoms with Gasteiger partial charge in [0, 0.05) is 24.4 Å². The standard InChI is InChI=1S/C15H19NO4S/c1-11-2-4-12(5-3-11)14(17)6-7-15(18)16-13-8-9-21(19,20)10-13/h2-5,13H,6-10H2,1H3,(H,16,18)/t13-/m0/s1. The molecular weight excluding hydrogens is 290 g/mol. The van der Waals surface area contributed by atoms with Crippen LogP contribution in [0.15, 0.2) is 24.3 Å². The average molecular weight is 309 g/mol. The first-order valence-corrected chi connectivity index (χ1v) is 8.77. The lowest BCUT2D eigenvalue weighted by Gasteiger charge is -2.10. The maximum absolute atomic E-state index is 11.9. The maximum atomic E-state index is 11.9. The molecule has 1 fully saturated rings. The van der Waals surface area contributed by atoms with Gasteiger partial charge in [-0.2, -0.15) is 0 Å². The van der Waals surface area contributed by atoms with Crippen LogP contribution < -0.4 is 5.32 Å². The van der Waals surface area contributed by atoms with Crippen molar-refractivity contribution in [2.24, 2.45) is 0 Å². The molecule has 0 unspecified atom stereocenters. The van der Waals surface area contributed by atoms with E-state index in [1.54, 1.807) is 12.1 Å². The summed E-state index contributed by atoms with van der Waals surface area (Å²) in [5.74, 6) is -0.216. The molecule has 0 bridgehead atoms. The van der Waals surface area contributed by atoms with Gasteiger partial charge >= 0.3 is 0 Å². The SMILES string of the molecule is Cc1ccc(C(=O)CCC(=O)N[C@H]2CCS(=O)(=O)C2)cc1. The van der Waals surface area contributed by atoms with Crippen LogP contribution in [0.1, 0.15) is 35.2 Å². The third kappa shape index (κ3) is 4.67. The molecule has 1 atom stereocenters. The van der Waals surface area contributed by atoms with Crippen LogP contribution in [0, 0.1) is 6.92 Å². The predicted octanol–water partition coefficient (Wildman–Crippen LogP) is 1.26. The summed E-state index contributed by atoms with van der Waals surface area (Å²) in [6, 6.07) is 6.91. The molecule has 2 rings (SSSR count). The lowest BCUT2D eigenvalue weighted by molar-refractivity contribution is -0.121. The number of hydrogen-bond donors (Lipinski definition) is 1. The smallest absolute Gasteiger partial charge is 0.220 e. The Balaban J connectivity index is 1.79. The van der Waals surface area contributed by atoms with Crippen molar-refractivity contribution in [3.8, 4) is 0 Å². The van der Waals surface area contributed by atoms with Crippen LogP contribution in [0.5, 0.6) is 0 Å². The number of ketones is 1. The molecule has 1 aromatic rings. The van der Waals surface area contributed by atoms with E-state index < -0.39 is 9.84 Å². The van der Waals surface area contributed by atoms with Crippen molar-refractivity contribution in [3.05, 3.63) is 35.4 Å². The molecule has 5 nitrogen and oxygen atoms in total. The second kappa shape index (κ2) is 6.39. The number of benzene rings is 1. The number of carbonyl (C=O) groups is 2. The van der Waals surface area contributed by atoms with Crippen molar-refractivity contribution in [2.45, 2.75) is 32.2 Å². The van der Waals surface area contributed by atoms with E-state index in [-0.39, 0.29) is 42.1 Å². The van der Waals surface area contributed by atoms with Crippen molar-refractivity contribution in [1.82, 2.24) is 5.32 Å². The van der Waals surface area contributed by atoms with Gasteiger partial charge in [-0.1, -0.05) is 29.8 Å². The highest BCUT2D eigenvalue weighted by atomic mass is 32.2. The summed E-state index contributed by atoms with van der Waals surface area (Å²) in [6.45, 7) is 1.94. The number of rotatable bonds is 5. The van der Waals surface area contributed by atoms with Gasteiger partial charge < -0.3 is 5.32 Å². The molecule has 1 aromatic carbocycles. The highest BCUT2D eigenvalue weighted by molar-refractivity contribution is 7.91. The van der Waals surface area contributed by atoms with E-state index in [1.807, 2.05) is 19.1 Å². The highest BCUT2D eigenvalue weighted by Crippen LogP contribution is 2.12. The van der Waals surface area contributed by atoms with Crippen molar-refractivity contribution < 1.29 is 18.0 Å². The molecule has 114 valence electrons. The van der Waals surface area contributed by atoms with E-state index in [0.29, 0.717) is 12.0 Å². The van der Waals surface area contributed by atoms with Crippen LogP contribution in [-0.2, 0) is 14.6 Å². The summed E-state index contributed by atoms with van der Waals surface area (Å²) in [4.78, 5) is 23.7. The van der Waals surface area contributed by atoms with Crippen LogP contribution in [0.2, 0.25) is 0 Å². The number of hydrogen-bond acceptors (Lipinski definition) is 4. The fourth-order valence-corrected chi connectivity index (χ4v) is 3.99. The Labute approximate surface area is 124 Å². The van der Waals surface area contributed by atoms with Gasteiger partial charge in [0.1, 0.15) is 0 Å². The molecule has 0 aromatic heterocycles. The second-order valence-electron chi connectivity index (χ2n) is 5.46. The summed E-state index contributed by atoms with van der Waals surface area (Å²) in [7, 11) is -3.00. The molecule has 1 aliphatic heterocycles. The first-order valence-electron chi connectivity index (χ1n) is 6.95. The molecule has 6 heteroatoms. The monoisotopic (exact) mass is 309 g/mol. The summed E-state index contributed by atoms with van der Waals surface area (Å²) in [5.41, 5.74) is 1.67. The van der Waals surface area contributed by atoms with Crippen molar-refractivity contribution >= 4 is 21.5 Å². The van der Waals surface area contributed by atoms with Gasteiger partial charge in [0.05, 0.1) is 11.5 Å². The fourth-order valence-electron chi connectivity index (χ4n) is 2.32. The Morgan fingerprint density at radius 3 is 2.43 bits per heavy atom. The zero-order valence-electron chi connectivity index (χ0n) is 12.0. The third-order valence-corrected chi connectivity index (χ3v) is 5.32. The first kappa shape index (κ1) is 15.7. The van der Waals surface area contributed by atoms with Gasteiger partial charge in [0.2, 0.25) is 5.91 Å². The predicted molar refractivity (Wildman–Crippen MR) is 79.9 cm³/mol.